The Balaban J connectivity index is 1.32. The minimum atomic E-state index is 0.0140. The Bertz CT molecular complexity index is 1340. The average molecular weight is 532 g/mol. The van der Waals surface area contributed by atoms with Crippen LogP contribution in [0.5, 0.6) is 5.75 Å². The van der Waals surface area contributed by atoms with Crippen LogP contribution in [0.2, 0.25) is 0 Å². The molecule has 1 unspecified atom stereocenters. The number of carbonyl (C=O) groups excluding carboxylic acids is 1. The second-order valence-corrected chi connectivity index (χ2v) is 11.6. The highest BCUT2D eigenvalue weighted by atomic mass is 32.1. The third kappa shape index (κ3) is 6.27. The van der Waals surface area contributed by atoms with Crippen molar-refractivity contribution in [2.75, 3.05) is 33.8 Å². The number of nitrogens with zero attached hydrogens (tertiary/aromatic N) is 3. The van der Waals surface area contributed by atoms with Gasteiger partial charge < -0.3 is 19.0 Å². The predicted octanol–water partition coefficient (Wildman–Crippen LogP) is 6.82. The normalized spacial score (nSPS) is 15.9. The summed E-state index contributed by atoms with van der Waals surface area (Å²) in [4.78, 5) is 23.8. The quantitative estimate of drug-likeness (QED) is 0.210. The molecule has 5 rings (SSSR count). The Morgan fingerprint density at radius 1 is 1.13 bits per heavy atom. The molecule has 0 spiro atoms. The van der Waals surface area contributed by atoms with Crippen LogP contribution in [0.4, 0.5) is 0 Å². The number of rotatable bonds is 10. The van der Waals surface area contributed by atoms with Gasteiger partial charge in [-0.1, -0.05) is 30.3 Å². The lowest BCUT2D eigenvalue weighted by atomic mass is 9.97. The van der Waals surface area contributed by atoms with Crippen LogP contribution in [0.3, 0.4) is 0 Å². The molecule has 0 bridgehead atoms. The van der Waals surface area contributed by atoms with Gasteiger partial charge in [0, 0.05) is 24.4 Å². The highest BCUT2D eigenvalue weighted by molar-refractivity contribution is 7.15. The van der Waals surface area contributed by atoms with E-state index in [-0.39, 0.29) is 11.9 Å². The number of fused-ring (bicyclic) bond motifs is 1. The van der Waals surface area contributed by atoms with E-state index in [1.54, 1.807) is 11.3 Å². The summed E-state index contributed by atoms with van der Waals surface area (Å²) in [5.41, 5.74) is 2.43. The number of benzene rings is 2. The largest absolute Gasteiger partial charge is 0.494 e. The van der Waals surface area contributed by atoms with E-state index >= 15 is 0 Å². The Hall–Kier alpha value is -3.16. The Morgan fingerprint density at radius 3 is 2.84 bits per heavy atom. The fraction of sp³-hybridized carbons (Fsp3) is 0.419. The topological polar surface area (TPSA) is 58.8 Å². The number of amides is 1. The van der Waals surface area contributed by atoms with Gasteiger partial charge in [0.2, 0.25) is 0 Å². The maximum atomic E-state index is 14.0. The van der Waals surface area contributed by atoms with Crippen LogP contribution in [0.25, 0.3) is 21.4 Å². The summed E-state index contributed by atoms with van der Waals surface area (Å²) < 4.78 is 12.1. The second-order valence-electron chi connectivity index (χ2n) is 10.4. The maximum Gasteiger partial charge on any atom is 0.274 e. The van der Waals surface area contributed by atoms with E-state index in [9.17, 15) is 4.79 Å². The first-order valence-electron chi connectivity index (χ1n) is 13.6. The molecule has 200 valence electrons. The molecule has 1 atom stereocenters. The molecule has 6 nitrogen and oxygen atoms in total. The number of furan rings is 1. The summed E-state index contributed by atoms with van der Waals surface area (Å²) in [6.07, 6.45) is 5.93. The fourth-order valence-corrected chi connectivity index (χ4v) is 6.11. The van der Waals surface area contributed by atoms with Gasteiger partial charge in [-0.05, 0) is 89.5 Å². The third-order valence-electron chi connectivity index (χ3n) is 7.10. The van der Waals surface area contributed by atoms with Crippen LogP contribution < -0.4 is 4.74 Å². The van der Waals surface area contributed by atoms with Gasteiger partial charge in [-0.3, -0.25) is 4.79 Å². The Morgan fingerprint density at radius 2 is 2.00 bits per heavy atom. The zero-order chi connectivity index (χ0) is 26.5. The monoisotopic (exact) mass is 531 g/mol. The summed E-state index contributed by atoms with van der Waals surface area (Å²) in [6, 6.07) is 18.4. The predicted molar refractivity (Wildman–Crippen MR) is 154 cm³/mol. The zero-order valence-corrected chi connectivity index (χ0v) is 23.4. The molecule has 0 N–H and O–H groups in total. The molecule has 1 aliphatic heterocycles. The van der Waals surface area contributed by atoms with E-state index in [0.717, 1.165) is 89.5 Å². The van der Waals surface area contributed by atoms with Crippen molar-refractivity contribution in [2.45, 2.75) is 51.5 Å². The van der Waals surface area contributed by atoms with Gasteiger partial charge in [0.25, 0.3) is 5.91 Å². The molecule has 0 radical (unpaired) electrons. The van der Waals surface area contributed by atoms with E-state index < -0.39 is 0 Å². The van der Waals surface area contributed by atoms with E-state index in [1.807, 2.05) is 54.3 Å². The SMILES string of the molecule is Cc1nc(C(=O)N2CCCCC2Cc2cc3ccccc3o2)c(-c2cccc(OCCCCN(C)C)c2)s1. The molecule has 7 heteroatoms. The summed E-state index contributed by atoms with van der Waals surface area (Å²) in [7, 11) is 4.18. The van der Waals surface area contributed by atoms with E-state index in [0.29, 0.717) is 12.3 Å². The first-order valence-corrected chi connectivity index (χ1v) is 14.4. The minimum absolute atomic E-state index is 0.0140. The standard InChI is InChI=1S/C31H37N3O3S/c1-22-32-29(30(38-22)24-12-10-14-26(20-24)36-18-9-8-16-33(2)3)31(35)34-17-7-6-13-25(34)21-27-19-23-11-4-5-15-28(23)37-27/h4-5,10-12,14-15,19-20,25H,6-9,13,16-18,21H2,1-3H3. The summed E-state index contributed by atoms with van der Waals surface area (Å²) in [5, 5.41) is 2.00. The number of aromatic nitrogens is 1. The molecule has 1 saturated heterocycles. The van der Waals surface area contributed by atoms with Gasteiger partial charge in [0.1, 0.15) is 22.8 Å². The van der Waals surface area contributed by atoms with Gasteiger partial charge in [-0.15, -0.1) is 11.3 Å². The average Bonchev–Trinajstić information content (AvgIpc) is 3.51. The van der Waals surface area contributed by atoms with Gasteiger partial charge in [-0.2, -0.15) is 0 Å². The van der Waals surface area contributed by atoms with Crippen LogP contribution in [0.1, 0.15) is 53.4 Å². The molecule has 2 aromatic carbocycles. The molecule has 3 heterocycles. The molecule has 1 amide bonds. The highest BCUT2D eigenvalue weighted by Gasteiger charge is 2.31. The first-order chi connectivity index (χ1) is 18.5. The van der Waals surface area contributed by atoms with Crippen molar-refractivity contribution in [2.24, 2.45) is 0 Å². The van der Waals surface area contributed by atoms with Crippen molar-refractivity contribution in [1.29, 1.82) is 0 Å². The molecule has 0 saturated carbocycles. The van der Waals surface area contributed by atoms with E-state index in [1.165, 1.54) is 0 Å². The second kappa shape index (κ2) is 12.1. The van der Waals surface area contributed by atoms with Gasteiger partial charge in [0.05, 0.1) is 16.5 Å². The van der Waals surface area contributed by atoms with E-state index in [4.69, 9.17) is 14.1 Å². The van der Waals surface area contributed by atoms with Crippen molar-refractivity contribution in [1.82, 2.24) is 14.8 Å². The molecule has 4 aromatic rings. The number of carbonyl (C=O) groups is 1. The number of para-hydroxylation sites is 1. The zero-order valence-electron chi connectivity index (χ0n) is 22.6. The Labute approximate surface area is 229 Å². The number of unbranched alkanes of at least 4 members (excludes halogenated alkanes) is 1. The highest BCUT2D eigenvalue weighted by Crippen LogP contribution is 2.34. The van der Waals surface area contributed by atoms with Crippen molar-refractivity contribution < 1.29 is 13.9 Å². The Kier molecular flexibility index (Phi) is 8.45. The molecular formula is C31H37N3O3S. The van der Waals surface area contributed by atoms with Crippen LogP contribution in [-0.4, -0.2) is 60.5 Å². The lowest BCUT2D eigenvalue weighted by Crippen LogP contribution is -2.45. The van der Waals surface area contributed by atoms with Crippen LogP contribution in [0.15, 0.2) is 59.0 Å². The number of aryl methyl sites for hydroxylation is 1. The molecule has 1 aliphatic rings. The van der Waals surface area contributed by atoms with Crippen molar-refractivity contribution >= 4 is 28.2 Å². The number of piperidine rings is 1. The molecule has 0 aliphatic carbocycles. The lowest BCUT2D eigenvalue weighted by Gasteiger charge is -2.35. The van der Waals surface area contributed by atoms with Crippen molar-refractivity contribution in [3.63, 3.8) is 0 Å². The number of likely N-dealkylation sites (tertiary alicyclic amines) is 1. The third-order valence-corrected chi connectivity index (χ3v) is 8.12. The van der Waals surface area contributed by atoms with Crippen LogP contribution >= 0.6 is 11.3 Å². The number of hydrogen-bond acceptors (Lipinski definition) is 6. The van der Waals surface area contributed by atoms with Crippen molar-refractivity contribution in [3.8, 4) is 16.2 Å². The molecular weight excluding hydrogens is 494 g/mol. The summed E-state index contributed by atoms with van der Waals surface area (Å²) in [5.74, 6) is 1.78. The minimum Gasteiger partial charge on any atom is -0.494 e. The first kappa shape index (κ1) is 26.4. The molecule has 2 aromatic heterocycles. The lowest BCUT2D eigenvalue weighted by molar-refractivity contribution is 0.0603. The smallest absolute Gasteiger partial charge is 0.274 e. The summed E-state index contributed by atoms with van der Waals surface area (Å²) >= 11 is 1.57. The van der Waals surface area contributed by atoms with Gasteiger partial charge in [-0.25, -0.2) is 4.98 Å². The van der Waals surface area contributed by atoms with Gasteiger partial charge in [0.15, 0.2) is 0 Å². The van der Waals surface area contributed by atoms with Crippen LogP contribution in [0, 0.1) is 6.92 Å². The number of ether oxygens (including phenoxy) is 1. The van der Waals surface area contributed by atoms with Crippen LogP contribution in [-0.2, 0) is 6.42 Å². The maximum absolute atomic E-state index is 14.0. The van der Waals surface area contributed by atoms with Gasteiger partial charge >= 0.3 is 0 Å². The molecule has 1 fully saturated rings. The summed E-state index contributed by atoms with van der Waals surface area (Å²) in [6.45, 7) is 4.46. The fourth-order valence-electron chi connectivity index (χ4n) is 5.20. The van der Waals surface area contributed by atoms with Crippen molar-refractivity contribution in [3.05, 3.63) is 71.1 Å². The van der Waals surface area contributed by atoms with E-state index in [2.05, 4.69) is 31.1 Å². The molecule has 38 heavy (non-hydrogen) atoms. The number of thiazole rings is 1. The number of hydrogen-bond donors (Lipinski definition) is 0.